The van der Waals surface area contributed by atoms with Crippen molar-refractivity contribution in [3.05, 3.63) is 62.8 Å². The number of hydrogen-bond acceptors (Lipinski definition) is 4. The Morgan fingerprint density at radius 3 is 2.71 bits per heavy atom. The van der Waals surface area contributed by atoms with Crippen LogP contribution in [0.3, 0.4) is 0 Å². The number of aromatic carboxylic acids is 1. The van der Waals surface area contributed by atoms with E-state index >= 15 is 0 Å². The molecule has 106 valence electrons. The number of aromatic nitrogens is 1. The zero-order valence-electron chi connectivity index (χ0n) is 11.4. The normalized spacial score (nSPS) is 10.7. The van der Waals surface area contributed by atoms with Gasteiger partial charge in [-0.05, 0) is 23.9 Å². The Hall–Kier alpha value is -1.98. The van der Waals surface area contributed by atoms with Crippen molar-refractivity contribution in [2.24, 2.45) is 0 Å². The lowest BCUT2D eigenvalue weighted by Gasteiger charge is -2.00. The summed E-state index contributed by atoms with van der Waals surface area (Å²) in [5.41, 5.74) is 2.75. The molecule has 0 aliphatic carbocycles. The lowest BCUT2D eigenvalue weighted by atomic mass is 10.1. The Bertz CT molecular complexity index is 775. The minimum Gasteiger partial charge on any atom is -0.477 e. The van der Waals surface area contributed by atoms with Crippen LogP contribution in [0.1, 0.15) is 25.8 Å². The van der Waals surface area contributed by atoms with E-state index in [4.69, 9.17) is 0 Å². The summed E-state index contributed by atoms with van der Waals surface area (Å²) in [4.78, 5) is 17.5. The van der Waals surface area contributed by atoms with Gasteiger partial charge in [-0.1, -0.05) is 30.3 Å². The lowest BCUT2D eigenvalue weighted by Crippen LogP contribution is -1.98. The molecule has 0 radical (unpaired) electrons. The minimum absolute atomic E-state index is 0.335. The Morgan fingerprint density at radius 2 is 2.05 bits per heavy atom. The van der Waals surface area contributed by atoms with Gasteiger partial charge in [0.2, 0.25) is 0 Å². The van der Waals surface area contributed by atoms with Crippen LogP contribution in [-0.2, 0) is 6.42 Å². The van der Waals surface area contributed by atoms with E-state index in [1.54, 1.807) is 11.3 Å². The SMILES string of the molecule is Cc1ccccc1-c1nc(Cc2cccs2)c(C(=O)O)s1. The molecule has 2 heterocycles. The van der Waals surface area contributed by atoms with Gasteiger partial charge in [-0.25, -0.2) is 9.78 Å². The molecule has 3 rings (SSSR count). The summed E-state index contributed by atoms with van der Waals surface area (Å²) in [6.45, 7) is 2.01. The first kappa shape index (κ1) is 14.0. The summed E-state index contributed by atoms with van der Waals surface area (Å²) < 4.78 is 0. The second-order valence-corrected chi connectivity index (χ2v) is 6.70. The van der Waals surface area contributed by atoms with Crippen LogP contribution in [0.15, 0.2) is 41.8 Å². The van der Waals surface area contributed by atoms with E-state index in [-0.39, 0.29) is 0 Å². The maximum atomic E-state index is 11.5. The van der Waals surface area contributed by atoms with Crippen molar-refractivity contribution in [2.75, 3.05) is 0 Å². The van der Waals surface area contributed by atoms with Gasteiger partial charge < -0.3 is 5.11 Å². The van der Waals surface area contributed by atoms with Gasteiger partial charge >= 0.3 is 5.97 Å². The molecule has 5 heteroatoms. The third-order valence-electron chi connectivity index (χ3n) is 3.19. The van der Waals surface area contributed by atoms with E-state index in [9.17, 15) is 9.90 Å². The molecular formula is C16H13NO2S2. The molecule has 0 aliphatic rings. The summed E-state index contributed by atoms with van der Waals surface area (Å²) in [6.07, 6.45) is 0.571. The van der Waals surface area contributed by atoms with Crippen LogP contribution >= 0.6 is 22.7 Å². The molecule has 1 aromatic carbocycles. The van der Waals surface area contributed by atoms with Crippen LogP contribution in [0.2, 0.25) is 0 Å². The first-order valence-corrected chi connectivity index (χ1v) is 8.16. The Kier molecular flexibility index (Phi) is 3.86. The highest BCUT2D eigenvalue weighted by atomic mass is 32.1. The Morgan fingerprint density at radius 1 is 1.24 bits per heavy atom. The average molecular weight is 315 g/mol. The van der Waals surface area contributed by atoms with Gasteiger partial charge in [0.05, 0.1) is 5.69 Å². The number of thiazole rings is 1. The topological polar surface area (TPSA) is 50.2 Å². The first-order chi connectivity index (χ1) is 10.1. The fraction of sp³-hybridized carbons (Fsp3) is 0.125. The maximum absolute atomic E-state index is 11.5. The molecule has 0 amide bonds. The second kappa shape index (κ2) is 5.79. The van der Waals surface area contributed by atoms with E-state index in [1.807, 2.05) is 48.7 Å². The summed E-state index contributed by atoms with van der Waals surface area (Å²) in [7, 11) is 0. The summed E-state index contributed by atoms with van der Waals surface area (Å²) in [5, 5.41) is 12.2. The van der Waals surface area contributed by atoms with Gasteiger partial charge in [-0.15, -0.1) is 22.7 Å². The van der Waals surface area contributed by atoms with Gasteiger partial charge in [-0.2, -0.15) is 0 Å². The van der Waals surface area contributed by atoms with Crippen molar-refractivity contribution >= 4 is 28.6 Å². The van der Waals surface area contributed by atoms with Gasteiger partial charge in [0.1, 0.15) is 9.88 Å². The minimum atomic E-state index is -0.904. The number of carboxylic acids is 1. The molecule has 0 unspecified atom stereocenters. The number of nitrogens with zero attached hydrogens (tertiary/aromatic N) is 1. The standard InChI is InChI=1S/C16H13NO2S2/c1-10-5-2-3-7-12(10)15-17-13(14(21-15)16(18)19)9-11-6-4-8-20-11/h2-8H,9H2,1H3,(H,18,19). The van der Waals surface area contributed by atoms with Crippen LogP contribution in [-0.4, -0.2) is 16.1 Å². The van der Waals surface area contributed by atoms with Gasteiger partial charge in [0.15, 0.2) is 0 Å². The predicted molar refractivity (Wildman–Crippen MR) is 86.4 cm³/mol. The van der Waals surface area contributed by atoms with Crippen LogP contribution < -0.4 is 0 Å². The first-order valence-electron chi connectivity index (χ1n) is 6.46. The van der Waals surface area contributed by atoms with Crippen molar-refractivity contribution in [2.45, 2.75) is 13.3 Å². The van der Waals surface area contributed by atoms with E-state index in [2.05, 4.69) is 4.98 Å². The molecule has 0 atom stereocenters. The molecular weight excluding hydrogens is 302 g/mol. The molecule has 1 N–H and O–H groups in total. The number of carbonyl (C=O) groups is 1. The fourth-order valence-electron chi connectivity index (χ4n) is 2.14. The molecule has 0 fully saturated rings. The van der Waals surface area contributed by atoms with Crippen LogP contribution in [0.4, 0.5) is 0 Å². The highest BCUT2D eigenvalue weighted by Crippen LogP contribution is 2.31. The van der Waals surface area contributed by atoms with Crippen LogP contribution in [0.5, 0.6) is 0 Å². The number of rotatable bonds is 4. The smallest absolute Gasteiger partial charge is 0.347 e. The average Bonchev–Trinajstić information content (AvgIpc) is 3.09. The fourth-order valence-corrected chi connectivity index (χ4v) is 3.87. The number of benzene rings is 1. The van der Waals surface area contributed by atoms with Crippen molar-refractivity contribution < 1.29 is 9.90 Å². The quantitative estimate of drug-likeness (QED) is 0.773. The summed E-state index contributed by atoms with van der Waals surface area (Å²) in [6, 6.07) is 11.9. The van der Waals surface area contributed by atoms with Gasteiger partial charge in [0.25, 0.3) is 0 Å². The molecule has 0 bridgehead atoms. The van der Waals surface area contributed by atoms with E-state index in [1.165, 1.54) is 11.3 Å². The van der Waals surface area contributed by atoms with Crippen molar-refractivity contribution in [1.82, 2.24) is 4.98 Å². The number of carboxylic acid groups (broad SMARTS) is 1. The summed E-state index contributed by atoms with van der Waals surface area (Å²) in [5.74, 6) is -0.904. The largest absolute Gasteiger partial charge is 0.477 e. The highest BCUT2D eigenvalue weighted by Gasteiger charge is 2.19. The number of thiophene rings is 1. The predicted octanol–water partition coefficient (Wildman–Crippen LogP) is 4.47. The third-order valence-corrected chi connectivity index (χ3v) is 5.18. The Labute approximate surface area is 130 Å². The van der Waals surface area contributed by atoms with E-state index < -0.39 is 5.97 Å². The molecule has 0 aliphatic heterocycles. The summed E-state index contributed by atoms with van der Waals surface area (Å²) >= 11 is 2.87. The molecule has 21 heavy (non-hydrogen) atoms. The zero-order chi connectivity index (χ0) is 14.8. The number of aryl methyl sites for hydroxylation is 1. The molecule has 0 saturated heterocycles. The lowest BCUT2D eigenvalue weighted by molar-refractivity contribution is 0.0701. The van der Waals surface area contributed by atoms with Gasteiger partial charge in [-0.3, -0.25) is 0 Å². The third kappa shape index (κ3) is 2.89. The van der Waals surface area contributed by atoms with E-state index in [0.717, 1.165) is 21.0 Å². The van der Waals surface area contributed by atoms with Crippen LogP contribution in [0.25, 0.3) is 10.6 Å². The van der Waals surface area contributed by atoms with Gasteiger partial charge in [0, 0.05) is 16.9 Å². The van der Waals surface area contributed by atoms with Crippen molar-refractivity contribution in [3.8, 4) is 10.6 Å². The number of hydrogen-bond donors (Lipinski definition) is 1. The zero-order valence-corrected chi connectivity index (χ0v) is 13.0. The second-order valence-electron chi connectivity index (χ2n) is 4.67. The van der Waals surface area contributed by atoms with Crippen molar-refractivity contribution in [1.29, 1.82) is 0 Å². The molecule has 0 saturated carbocycles. The highest BCUT2D eigenvalue weighted by molar-refractivity contribution is 7.17. The van der Waals surface area contributed by atoms with E-state index in [0.29, 0.717) is 17.0 Å². The Balaban J connectivity index is 2.04. The molecule has 3 aromatic rings. The molecule has 3 nitrogen and oxygen atoms in total. The van der Waals surface area contributed by atoms with Crippen LogP contribution in [0, 0.1) is 6.92 Å². The monoisotopic (exact) mass is 315 g/mol. The molecule has 0 spiro atoms. The van der Waals surface area contributed by atoms with Crippen molar-refractivity contribution in [3.63, 3.8) is 0 Å². The molecule has 2 aromatic heterocycles. The maximum Gasteiger partial charge on any atom is 0.347 e.